The zero-order chi connectivity index (χ0) is 16.3. The summed E-state index contributed by atoms with van der Waals surface area (Å²) >= 11 is 0. The van der Waals surface area contributed by atoms with Gasteiger partial charge in [0.1, 0.15) is 6.04 Å². The highest BCUT2D eigenvalue weighted by Crippen LogP contribution is 2.12. The van der Waals surface area contributed by atoms with Crippen LogP contribution in [0.5, 0.6) is 0 Å². The van der Waals surface area contributed by atoms with Crippen molar-refractivity contribution in [2.45, 2.75) is 26.8 Å². The molecule has 0 saturated carbocycles. The Morgan fingerprint density at radius 2 is 1.86 bits per heavy atom. The summed E-state index contributed by atoms with van der Waals surface area (Å²) in [5.41, 5.74) is 1.85. The number of carboxylic acids is 1. The molecule has 0 fully saturated rings. The molecule has 0 aliphatic carbocycles. The number of carbonyl (C=O) groups is 2. The van der Waals surface area contributed by atoms with Gasteiger partial charge in [0, 0.05) is 5.69 Å². The van der Waals surface area contributed by atoms with E-state index >= 15 is 0 Å². The van der Waals surface area contributed by atoms with Gasteiger partial charge in [-0.15, -0.1) is 0 Å². The molecule has 0 aliphatic heterocycles. The molecule has 6 heteroatoms. The van der Waals surface area contributed by atoms with Gasteiger partial charge >= 0.3 is 5.97 Å². The molecular formula is C16H19N3O3. The van der Waals surface area contributed by atoms with Crippen molar-refractivity contribution >= 4 is 11.9 Å². The number of aliphatic carboxylic acids is 1. The second-order valence-corrected chi connectivity index (χ2v) is 5.45. The predicted molar refractivity (Wildman–Crippen MR) is 82.0 cm³/mol. The first-order chi connectivity index (χ1) is 10.4. The molecule has 6 nitrogen and oxygen atoms in total. The molecule has 1 unspecified atom stereocenters. The molecule has 2 aromatic rings. The summed E-state index contributed by atoms with van der Waals surface area (Å²) < 4.78 is 1.65. The van der Waals surface area contributed by atoms with Crippen LogP contribution in [0.3, 0.4) is 0 Å². The molecule has 1 atom stereocenters. The van der Waals surface area contributed by atoms with Gasteiger partial charge in [0.25, 0.3) is 5.91 Å². The lowest BCUT2D eigenvalue weighted by Crippen LogP contribution is -2.44. The zero-order valence-corrected chi connectivity index (χ0v) is 12.8. The van der Waals surface area contributed by atoms with Crippen LogP contribution in [0.4, 0.5) is 0 Å². The summed E-state index contributed by atoms with van der Waals surface area (Å²) in [6, 6.07) is 10.1. The van der Waals surface area contributed by atoms with Crippen LogP contribution in [0.25, 0.3) is 5.69 Å². The number of benzene rings is 1. The van der Waals surface area contributed by atoms with Crippen molar-refractivity contribution in [3.63, 3.8) is 0 Å². The number of aromatic nitrogens is 2. The fraction of sp³-hybridized carbons (Fsp3) is 0.312. The van der Waals surface area contributed by atoms with E-state index in [4.69, 9.17) is 5.11 Å². The summed E-state index contributed by atoms with van der Waals surface area (Å²) in [7, 11) is 0. The molecule has 0 spiro atoms. The van der Waals surface area contributed by atoms with Gasteiger partial charge in [-0.25, -0.2) is 9.48 Å². The Bertz CT molecular complexity index is 677. The Labute approximate surface area is 128 Å². The number of carbonyl (C=O) groups excluding carboxylic acids is 1. The monoisotopic (exact) mass is 301 g/mol. The minimum Gasteiger partial charge on any atom is -0.480 e. The molecule has 1 heterocycles. The molecule has 2 rings (SSSR count). The molecule has 1 aromatic heterocycles. The third-order valence-corrected chi connectivity index (χ3v) is 3.34. The lowest BCUT2D eigenvalue weighted by atomic mass is 10.0. The van der Waals surface area contributed by atoms with E-state index in [1.807, 2.05) is 37.3 Å². The number of amides is 1. The van der Waals surface area contributed by atoms with E-state index in [2.05, 4.69) is 10.4 Å². The van der Waals surface area contributed by atoms with E-state index in [9.17, 15) is 9.59 Å². The van der Waals surface area contributed by atoms with Gasteiger partial charge < -0.3 is 10.4 Å². The van der Waals surface area contributed by atoms with E-state index < -0.39 is 17.9 Å². The summed E-state index contributed by atoms with van der Waals surface area (Å²) in [5.74, 6) is -1.75. The van der Waals surface area contributed by atoms with Gasteiger partial charge in [-0.05, 0) is 31.0 Å². The number of nitrogens with zero attached hydrogens (tertiary/aromatic N) is 2. The Morgan fingerprint density at radius 3 is 2.41 bits per heavy atom. The third-order valence-electron chi connectivity index (χ3n) is 3.34. The van der Waals surface area contributed by atoms with E-state index in [0.29, 0.717) is 0 Å². The summed E-state index contributed by atoms with van der Waals surface area (Å²) in [6.07, 6.45) is 0. The maximum Gasteiger partial charge on any atom is 0.326 e. The second-order valence-electron chi connectivity index (χ2n) is 5.45. The van der Waals surface area contributed by atoms with Gasteiger partial charge in [-0.3, -0.25) is 4.79 Å². The van der Waals surface area contributed by atoms with E-state index in [1.165, 1.54) is 0 Å². The van der Waals surface area contributed by atoms with Crippen LogP contribution in [-0.2, 0) is 4.79 Å². The molecule has 0 radical (unpaired) electrons. The van der Waals surface area contributed by atoms with Gasteiger partial charge in [0.2, 0.25) is 0 Å². The first kappa shape index (κ1) is 15.8. The van der Waals surface area contributed by atoms with Gasteiger partial charge in [-0.1, -0.05) is 32.0 Å². The Kier molecular flexibility index (Phi) is 4.60. The Morgan fingerprint density at radius 1 is 1.23 bits per heavy atom. The van der Waals surface area contributed by atoms with E-state index in [0.717, 1.165) is 11.4 Å². The summed E-state index contributed by atoms with van der Waals surface area (Å²) in [6.45, 7) is 5.33. The van der Waals surface area contributed by atoms with Crippen molar-refractivity contribution in [2.24, 2.45) is 5.92 Å². The molecule has 2 N–H and O–H groups in total. The topological polar surface area (TPSA) is 84.2 Å². The molecular weight excluding hydrogens is 282 g/mol. The van der Waals surface area contributed by atoms with Gasteiger partial charge in [0.15, 0.2) is 5.69 Å². The normalized spacial score (nSPS) is 12.2. The smallest absolute Gasteiger partial charge is 0.326 e. The van der Waals surface area contributed by atoms with Crippen molar-refractivity contribution in [1.29, 1.82) is 0 Å². The SMILES string of the molecule is Cc1cc(C(=O)NC(C(=O)O)C(C)C)nn1-c1ccccc1. The van der Waals surface area contributed by atoms with Crippen LogP contribution in [-0.4, -0.2) is 32.8 Å². The number of nitrogens with one attached hydrogen (secondary N) is 1. The first-order valence-corrected chi connectivity index (χ1v) is 7.06. The lowest BCUT2D eigenvalue weighted by molar-refractivity contribution is -0.140. The van der Waals surface area contributed by atoms with Gasteiger partial charge in [0.05, 0.1) is 5.69 Å². The van der Waals surface area contributed by atoms with Crippen molar-refractivity contribution in [3.05, 3.63) is 47.8 Å². The molecule has 0 aliphatic rings. The largest absolute Gasteiger partial charge is 0.480 e. The molecule has 0 saturated heterocycles. The number of para-hydroxylation sites is 1. The number of hydrogen-bond acceptors (Lipinski definition) is 3. The lowest BCUT2D eigenvalue weighted by Gasteiger charge is -2.16. The fourth-order valence-electron chi connectivity index (χ4n) is 2.14. The molecule has 1 amide bonds. The van der Waals surface area contributed by atoms with Crippen molar-refractivity contribution in [3.8, 4) is 5.69 Å². The highest BCUT2D eigenvalue weighted by molar-refractivity contribution is 5.95. The van der Waals surface area contributed by atoms with E-state index in [1.54, 1.807) is 24.6 Å². The summed E-state index contributed by atoms with van der Waals surface area (Å²) in [4.78, 5) is 23.4. The van der Waals surface area contributed by atoms with Crippen LogP contribution in [0, 0.1) is 12.8 Å². The number of aryl methyl sites for hydroxylation is 1. The third kappa shape index (κ3) is 3.33. The zero-order valence-electron chi connectivity index (χ0n) is 12.8. The second kappa shape index (κ2) is 6.43. The van der Waals surface area contributed by atoms with Crippen LogP contribution in [0.15, 0.2) is 36.4 Å². The predicted octanol–water partition coefficient (Wildman–Crippen LogP) is 2.02. The molecule has 116 valence electrons. The Balaban J connectivity index is 2.23. The minimum atomic E-state index is -1.05. The van der Waals surface area contributed by atoms with Crippen molar-refractivity contribution in [1.82, 2.24) is 15.1 Å². The van der Waals surface area contributed by atoms with E-state index in [-0.39, 0.29) is 11.6 Å². The number of carboxylic acid groups (broad SMARTS) is 1. The minimum absolute atomic E-state index is 0.202. The quantitative estimate of drug-likeness (QED) is 0.885. The highest BCUT2D eigenvalue weighted by atomic mass is 16.4. The van der Waals surface area contributed by atoms with Crippen LogP contribution in [0.2, 0.25) is 0 Å². The summed E-state index contributed by atoms with van der Waals surface area (Å²) in [5, 5.41) is 15.9. The first-order valence-electron chi connectivity index (χ1n) is 7.06. The van der Waals surface area contributed by atoms with Crippen molar-refractivity contribution in [2.75, 3.05) is 0 Å². The number of hydrogen-bond donors (Lipinski definition) is 2. The van der Waals surface area contributed by atoms with Crippen LogP contribution in [0.1, 0.15) is 30.0 Å². The number of rotatable bonds is 5. The van der Waals surface area contributed by atoms with Crippen LogP contribution >= 0.6 is 0 Å². The molecule has 0 bridgehead atoms. The standard InChI is InChI=1S/C16H19N3O3/c1-10(2)14(16(21)22)17-15(20)13-9-11(3)19(18-13)12-7-5-4-6-8-12/h4-10,14H,1-3H3,(H,17,20)(H,21,22). The van der Waals surface area contributed by atoms with Crippen LogP contribution < -0.4 is 5.32 Å². The fourth-order valence-corrected chi connectivity index (χ4v) is 2.14. The molecule has 22 heavy (non-hydrogen) atoms. The highest BCUT2D eigenvalue weighted by Gasteiger charge is 2.25. The van der Waals surface area contributed by atoms with Crippen molar-refractivity contribution < 1.29 is 14.7 Å². The maximum atomic E-state index is 12.2. The Hall–Kier alpha value is -2.63. The maximum absolute atomic E-state index is 12.2. The molecule has 1 aromatic carbocycles. The average molecular weight is 301 g/mol. The van der Waals surface area contributed by atoms with Gasteiger partial charge in [-0.2, -0.15) is 5.10 Å². The average Bonchev–Trinajstić information content (AvgIpc) is 2.87.